The van der Waals surface area contributed by atoms with E-state index in [0.29, 0.717) is 22.5 Å². The molecule has 1 aliphatic rings. The molecule has 1 heterocycles. The van der Waals surface area contributed by atoms with Crippen LogP contribution in [-0.4, -0.2) is 68.0 Å². The third-order valence-electron chi connectivity index (χ3n) is 3.63. The van der Waals surface area contributed by atoms with Crippen molar-refractivity contribution in [1.29, 1.82) is 0 Å². The molecule has 0 aromatic heterocycles. The zero-order valence-electron chi connectivity index (χ0n) is 15.0. The number of amides is 3. The summed E-state index contributed by atoms with van der Waals surface area (Å²) < 4.78 is 10.3. The highest BCUT2D eigenvalue weighted by Gasteiger charge is 2.32. The second-order valence-electron chi connectivity index (χ2n) is 5.71. The monoisotopic (exact) mass is 392 g/mol. The van der Waals surface area contributed by atoms with Crippen molar-refractivity contribution in [3.8, 4) is 0 Å². The van der Waals surface area contributed by atoms with E-state index in [1.54, 1.807) is 24.3 Å². The molecule has 28 heavy (non-hydrogen) atoms. The first-order chi connectivity index (χ1) is 13.5. The van der Waals surface area contributed by atoms with Gasteiger partial charge in [0.05, 0.1) is 19.8 Å². The van der Waals surface area contributed by atoms with Crippen LogP contribution in [0, 0.1) is 0 Å². The summed E-state index contributed by atoms with van der Waals surface area (Å²) in [5.74, 6) is -2.24. The molecule has 1 fully saturated rings. The van der Waals surface area contributed by atoms with Crippen LogP contribution in [0.4, 0.5) is 0 Å². The van der Waals surface area contributed by atoms with E-state index in [-0.39, 0.29) is 45.1 Å². The first-order valence-electron chi connectivity index (χ1n) is 8.57. The molecule has 0 bridgehead atoms. The number of hydrogen-bond acceptors (Lipinski definition) is 8. The van der Waals surface area contributed by atoms with Gasteiger partial charge in [-0.3, -0.25) is 19.2 Å². The summed E-state index contributed by atoms with van der Waals surface area (Å²) >= 11 is 0. The average molecular weight is 392 g/mol. The number of benzene rings is 1. The molecule has 10 heteroatoms. The highest BCUT2D eigenvalue weighted by Crippen LogP contribution is 2.11. The molecular weight excluding hydrogens is 372 g/mol. The Morgan fingerprint density at radius 1 is 1.00 bits per heavy atom. The van der Waals surface area contributed by atoms with Crippen LogP contribution in [0.2, 0.25) is 0 Å². The van der Waals surface area contributed by atoms with Gasteiger partial charge in [0.25, 0.3) is 17.7 Å². The average Bonchev–Trinajstić information content (AvgIpc) is 3.01. The van der Waals surface area contributed by atoms with E-state index in [9.17, 15) is 24.0 Å². The van der Waals surface area contributed by atoms with Crippen LogP contribution in [0.15, 0.2) is 24.3 Å². The molecule has 1 aromatic carbocycles. The molecule has 1 aromatic rings. The lowest BCUT2D eigenvalue weighted by Crippen LogP contribution is -2.33. The molecule has 0 spiro atoms. The molecule has 150 valence electrons. The van der Waals surface area contributed by atoms with Crippen LogP contribution in [0.5, 0.6) is 0 Å². The first kappa shape index (κ1) is 21.2. The molecule has 0 radical (unpaired) electrons. The van der Waals surface area contributed by atoms with E-state index in [0.717, 1.165) is 0 Å². The van der Waals surface area contributed by atoms with E-state index in [1.807, 2.05) is 0 Å². The summed E-state index contributed by atoms with van der Waals surface area (Å²) in [7, 11) is 0. The number of imide groups is 1. The fourth-order valence-electron chi connectivity index (χ4n) is 2.21. The van der Waals surface area contributed by atoms with Crippen LogP contribution in [0.25, 0.3) is 0 Å². The summed E-state index contributed by atoms with van der Waals surface area (Å²) in [5.41, 5.74) is 0.921. The second-order valence-corrected chi connectivity index (χ2v) is 5.71. The molecular formula is C18H20N2O8. The van der Waals surface area contributed by atoms with Gasteiger partial charge in [-0.25, -0.2) is 4.79 Å². The number of rotatable bonds is 11. The number of hydrogen-bond donors (Lipinski definition) is 1. The number of hydroxylamine groups is 2. The van der Waals surface area contributed by atoms with Gasteiger partial charge in [-0.15, -0.1) is 5.06 Å². The van der Waals surface area contributed by atoms with Crippen molar-refractivity contribution in [3.05, 3.63) is 35.4 Å². The fraction of sp³-hybridized carbons (Fsp3) is 0.389. The van der Waals surface area contributed by atoms with Crippen LogP contribution >= 0.6 is 0 Å². The van der Waals surface area contributed by atoms with Crippen molar-refractivity contribution in [2.75, 3.05) is 33.0 Å². The van der Waals surface area contributed by atoms with Crippen LogP contribution in [-0.2, 0) is 28.7 Å². The number of aldehydes is 1. The Morgan fingerprint density at radius 2 is 1.64 bits per heavy atom. The Bertz CT molecular complexity index is 716. The van der Waals surface area contributed by atoms with Gasteiger partial charge in [-0.1, -0.05) is 12.1 Å². The summed E-state index contributed by atoms with van der Waals surface area (Å²) in [5, 5.41) is 3.11. The van der Waals surface area contributed by atoms with Gasteiger partial charge in [0.15, 0.2) is 0 Å². The molecule has 3 amide bonds. The number of ether oxygens (including phenoxy) is 2. The summed E-state index contributed by atoms with van der Waals surface area (Å²) in [6.45, 7) is 0.364. The Hall–Kier alpha value is -3.11. The van der Waals surface area contributed by atoms with Crippen molar-refractivity contribution >= 4 is 30.0 Å². The van der Waals surface area contributed by atoms with Gasteiger partial charge in [-0.05, 0) is 12.1 Å². The Kier molecular flexibility index (Phi) is 8.25. The summed E-state index contributed by atoms with van der Waals surface area (Å²) in [4.78, 5) is 61.1. The molecule has 0 atom stereocenters. The molecule has 0 saturated carbocycles. The minimum atomic E-state index is -0.850. The van der Waals surface area contributed by atoms with Gasteiger partial charge in [-0.2, -0.15) is 0 Å². The van der Waals surface area contributed by atoms with E-state index >= 15 is 0 Å². The molecule has 2 rings (SSSR count). The highest BCUT2D eigenvalue weighted by molar-refractivity contribution is 6.01. The quantitative estimate of drug-likeness (QED) is 0.313. The normalized spacial score (nSPS) is 13.5. The van der Waals surface area contributed by atoms with Crippen molar-refractivity contribution in [3.63, 3.8) is 0 Å². The minimum absolute atomic E-state index is 0.0292. The molecule has 10 nitrogen and oxygen atoms in total. The van der Waals surface area contributed by atoms with Gasteiger partial charge in [0.1, 0.15) is 12.9 Å². The maximum absolute atomic E-state index is 11.9. The third-order valence-corrected chi connectivity index (χ3v) is 3.63. The largest absolute Gasteiger partial charge is 0.377 e. The Labute approximate surface area is 160 Å². The van der Waals surface area contributed by atoms with Gasteiger partial charge in [0.2, 0.25) is 0 Å². The zero-order valence-corrected chi connectivity index (χ0v) is 15.0. The van der Waals surface area contributed by atoms with Crippen molar-refractivity contribution in [2.45, 2.75) is 12.8 Å². The van der Waals surface area contributed by atoms with E-state index < -0.39 is 24.4 Å². The van der Waals surface area contributed by atoms with Gasteiger partial charge < -0.3 is 19.6 Å². The lowest BCUT2D eigenvalue weighted by molar-refractivity contribution is -0.200. The lowest BCUT2D eigenvalue weighted by Gasteiger charge is -2.12. The maximum Gasteiger partial charge on any atom is 0.358 e. The summed E-state index contributed by atoms with van der Waals surface area (Å²) in [6, 6.07) is 6.21. The molecule has 0 aliphatic carbocycles. The highest BCUT2D eigenvalue weighted by atomic mass is 16.7. The lowest BCUT2D eigenvalue weighted by atomic mass is 10.1. The smallest absolute Gasteiger partial charge is 0.358 e. The molecule has 1 aliphatic heterocycles. The van der Waals surface area contributed by atoms with Gasteiger partial charge >= 0.3 is 5.97 Å². The summed E-state index contributed by atoms with van der Waals surface area (Å²) in [6.07, 6.45) is 0.756. The third kappa shape index (κ3) is 6.56. The number of nitrogens with zero attached hydrogens (tertiary/aromatic N) is 1. The minimum Gasteiger partial charge on any atom is -0.377 e. The van der Waals surface area contributed by atoms with Crippen LogP contribution < -0.4 is 5.32 Å². The van der Waals surface area contributed by atoms with Gasteiger partial charge in [0, 0.05) is 30.5 Å². The number of carbonyl (C=O) groups is 5. The number of carbonyl (C=O) groups excluding carboxylic acids is 5. The van der Waals surface area contributed by atoms with Crippen LogP contribution in [0.1, 0.15) is 33.6 Å². The number of nitrogens with one attached hydrogen (secondary N) is 1. The second kappa shape index (κ2) is 10.9. The van der Waals surface area contributed by atoms with E-state index in [4.69, 9.17) is 9.47 Å². The maximum atomic E-state index is 11.9. The SMILES string of the molecule is O=Cc1ccc(C(=O)NCCOCCOCC(=O)ON2C(=O)CCC2=O)cc1. The fourth-order valence-corrected chi connectivity index (χ4v) is 2.21. The van der Waals surface area contributed by atoms with Crippen molar-refractivity contribution in [1.82, 2.24) is 10.4 Å². The van der Waals surface area contributed by atoms with E-state index in [2.05, 4.69) is 10.2 Å². The topological polar surface area (TPSA) is 128 Å². The predicted molar refractivity (Wildman–Crippen MR) is 93.0 cm³/mol. The van der Waals surface area contributed by atoms with Crippen LogP contribution in [0.3, 0.4) is 0 Å². The predicted octanol–water partition coefficient (Wildman–Crippen LogP) is -0.131. The molecule has 1 N–H and O–H groups in total. The molecule has 1 saturated heterocycles. The van der Waals surface area contributed by atoms with E-state index in [1.165, 1.54) is 0 Å². The molecule has 0 unspecified atom stereocenters. The zero-order chi connectivity index (χ0) is 20.4. The standard InChI is InChI=1S/C18H20N2O8/c21-11-13-1-3-14(4-2-13)18(25)19-7-8-26-9-10-27-12-17(24)28-20-15(22)5-6-16(20)23/h1-4,11H,5-10,12H2,(H,19,25). The van der Waals surface area contributed by atoms with Crippen molar-refractivity contribution < 1.29 is 38.3 Å². The van der Waals surface area contributed by atoms with Crippen molar-refractivity contribution in [2.24, 2.45) is 0 Å². The Morgan fingerprint density at radius 3 is 2.29 bits per heavy atom. The first-order valence-corrected chi connectivity index (χ1v) is 8.57. The Balaban J connectivity index is 1.49.